The summed E-state index contributed by atoms with van der Waals surface area (Å²) in [4.78, 5) is 4.32. The Morgan fingerprint density at radius 1 is 1.24 bits per heavy atom. The van der Waals surface area contributed by atoms with Crippen LogP contribution in [0.4, 0.5) is 0 Å². The Morgan fingerprint density at radius 2 is 1.95 bits per heavy atom. The van der Waals surface area contributed by atoms with E-state index in [9.17, 15) is 0 Å². The Balaban J connectivity index is 2.50. The van der Waals surface area contributed by atoms with Gasteiger partial charge in [-0.05, 0) is 44.0 Å². The van der Waals surface area contributed by atoms with Crippen LogP contribution in [0.25, 0.3) is 0 Å². The van der Waals surface area contributed by atoms with Crippen molar-refractivity contribution in [3.63, 3.8) is 0 Å². The minimum Gasteiger partial charge on any atom is -0.436 e. The van der Waals surface area contributed by atoms with Gasteiger partial charge in [-0.25, -0.2) is 4.98 Å². The van der Waals surface area contributed by atoms with Gasteiger partial charge in [0, 0.05) is 0 Å². The molecule has 2 heterocycles. The van der Waals surface area contributed by atoms with Gasteiger partial charge in [-0.1, -0.05) is 13.8 Å². The van der Waals surface area contributed by atoms with E-state index in [1.54, 1.807) is 0 Å². The van der Waals surface area contributed by atoms with E-state index in [2.05, 4.69) is 15.2 Å². The molecule has 0 aromatic carbocycles. The maximum Gasteiger partial charge on any atom is 0.262 e. The molecule has 0 aliphatic carbocycles. The molecule has 0 spiro atoms. The van der Waals surface area contributed by atoms with E-state index in [0.29, 0.717) is 15.8 Å². The zero-order chi connectivity index (χ0) is 15.6. The van der Waals surface area contributed by atoms with Crippen LogP contribution in [0, 0.1) is 19.3 Å². The Hall–Kier alpha value is -1.89. The molecule has 6 nitrogen and oxygen atoms in total. The van der Waals surface area contributed by atoms with Gasteiger partial charge in [0.1, 0.15) is 16.6 Å². The lowest BCUT2D eigenvalue weighted by Crippen LogP contribution is -2.18. The van der Waals surface area contributed by atoms with Gasteiger partial charge in [0.2, 0.25) is 0 Å². The highest BCUT2D eigenvalue weighted by molar-refractivity contribution is 7.99. The molecule has 0 radical (unpaired) electrons. The van der Waals surface area contributed by atoms with Crippen LogP contribution in [-0.4, -0.2) is 21.0 Å². The number of aromatic nitrogens is 3. The summed E-state index contributed by atoms with van der Waals surface area (Å²) in [5.41, 5.74) is 9.10. The number of nitrogens with one attached hydrogen (secondary N) is 1. The quantitative estimate of drug-likeness (QED) is 0.650. The molecule has 3 N–H and O–H groups in total. The van der Waals surface area contributed by atoms with Crippen LogP contribution in [0.2, 0.25) is 0 Å². The number of rotatable bonds is 5. The molecule has 0 amide bonds. The highest BCUT2D eigenvalue weighted by atomic mass is 32.2. The van der Waals surface area contributed by atoms with E-state index >= 15 is 0 Å². The second-order valence-electron chi connectivity index (χ2n) is 4.65. The van der Waals surface area contributed by atoms with Crippen LogP contribution >= 0.6 is 11.8 Å². The third-order valence-corrected chi connectivity index (χ3v) is 4.10. The minimum absolute atomic E-state index is 0.000972. The summed E-state index contributed by atoms with van der Waals surface area (Å²) >= 11 is 1.25. The Kier molecular flexibility index (Phi) is 4.62. The van der Waals surface area contributed by atoms with Gasteiger partial charge in [-0.15, -0.1) is 5.10 Å². The molecule has 0 aliphatic heterocycles. The SMILES string of the molecule is CCc1nnc(Sc2nc(C)c(C)o2)c(C(=N)N)c1CC. The number of aryl methyl sites for hydroxylation is 3. The zero-order valence-corrected chi connectivity index (χ0v) is 13.5. The summed E-state index contributed by atoms with van der Waals surface area (Å²) in [7, 11) is 0. The van der Waals surface area contributed by atoms with E-state index < -0.39 is 0 Å². The minimum atomic E-state index is -0.000972. The van der Waals surface area contributed by atoms with Gasteiger partial charge >= 0.3 is 0 Å². The summed E-state index contributed by atoms with van der Waals surface area (Å²) in [5, 5.41) is 17.4. The summed E-state index contributed by atoms with van der Waals surface area (Å²) in [5.74, 6) is 0.773. The van der Waals surface area contributed by atoms with E-state index in [-0.39, 0.29) is 5.84 Å². The van der Waals surface area contributed by atoms with Crippen molar-refractivity contribution in [3.8, 4) is 0 Å². The van der Waals surface area contributed by atoms with Crippen LogP contribution < -0.4 is 5.73 Å². The smallest absolute Gasteiger partial charge is 0.262 e. The van der Waals surface area contributed by atoms with Crippen LogP contribution in [0.5, 0.6) is 0 Å². The molecule has 2 aromatic rings. The van der Waals surface area contributed by atoms with Gasteiger partial charge in [-0.3, -0.25) is 5.41 Å². The number of amidine groups is 1. The average molecular weight is 305 g/mol. The molecule has 7 heteroatoms. The molecule has 2 aromatic heterocycles. The molecule has 112 valence electrons. The van der Waals surface area contributed by atoms with Gasteiger partial charge in [0.15, 0.2) is 0 Å². The van der Waals surface area contributed by atoms with Crippen LogP contribution in [0.15, 0.2) is 14.7 Å². The standard InChI is InChI=1S/C14H19N5OS/c1-5-9-10(6-2)18-19-13(11(9)12(15)16)21-14-17-7(3)8(4)20-14/h5-6H2,1-4H3,(H3,15,16). The van der Waals surface area contributed by atoms with E-state index in [4.69, 9.17) is 15.6 Å². The Labute approximate surface area is 128 Å². The summed E-state index contributed by atoms with van der Waals surface area (Å²) < 4.78 is 5.56. The molecule has 0 fully saturated rings. The fourth-order valence-corrected chi connectivity index (χ4v) is 3.00. The highest BCUT2D eigenvalue weighted by Gasteiger charge is 2.19. The number of nitrogens with two attached hydrogens (primary N) is 1. The molecule has 0 bridgehead atoms. The van der Waals surface area contributed by atoms with E-state index in [1.807, 2.05) is 27.7 Å². The predicted octanol–water partition coefficient (Wildman–Crippen LogP) is 2.64. The maximum absolute atomic E-state index is 7.85. The van der Waals surface area contributed by atoms with Gasteiger partial charge < -0.3 is 10.2 Å². The number of hydrogen-bond acceptors (Lipinski definition) is 6. The summed E-state index contributed by atoms with van der Waals surface area (Å²) in [6.45, 7) is 7.79. The number of hydrogen-bond donors (Lipinski definition) is 2. The number of nitrogens with zero attached hydrogens (tertiary/aromatic N) is 3. The Morgan fingerprint density at radius 3 is 2.43 bits per heavy atom. The topological polar surface area (TPSA) is 102 Å². The average Bonchev–Trinajstić information content (AvgIpc) is 2.76. The first kappa shape index (κ1) is 15.5. The van der Waals surface area contributed by atoms with Gasteiger partial charge in [0.05, 0.1) is 17.0 Å². The number of nitrogen functional groups attached to an aromatic ring is 1. The maximum atomic E-state index is 7.85. The first-order chi connectivity index (χ1) is 9.97. The number of oxazole rings is 1. The molecule has 21 heavy (non-hydrogen) atoms. The normalized spacial score (nSPS) is 10.9. The summed E-state index contributed by atoms with van der Waals surface area (Å²) in [6, 6.07) is 0. The van der Waals surface area contributed by atoms with Crippen LogP contribution in [0.3, 0.4) is 0 Å². The fraction of sp³-hybridized carbons (Fsp3) is 0.429. The highest BCUT2D eigenvalue weighted by Crippen LogP contribution is 2.31. The molecule has 0 saturated heterocycles. The predicted molar refractivity (Wildman–Crippen MR) is 81.9 cm³/mol. The van der Waals surface area contributed by atoms with Crippen molar-refractivity contribution >= 4 is 17.6 Å². The van der Waals surface area contributed by atoms with E-state index in [1.165, 1.54) is 11.8 Å². The fourth-order valence-electron chi connectivity index (χ4n) is 2.07. The lowest BCUT2D eigenvalue weighted by Gasteiger charge is -2.12. The second-order valence-corrected chi connectivity index (χ2v) is 5.59. The third kappa shape index (κ3) is 3.07. The molecule has 0 unspecified atom stereocenters. The van der Waals surface area contributed by atoms with Crippen molar-refractivity contribution in [1.29, 1.82) is 5.41 Å². The molecule has 0 aliphatic rings. The van der Waals surface area contributed by atoms with Crippen molar-refractivity contribution in [2.75, 3.05) is 0 Å². The third-order valence-electron chi connectivity index (χ3n) is 3.28. The largest absolute Gasteiger partial charge is 0.436 e. The lowest BCUT2D eigenvalue weighted by molar-refractivity contribution is 0.430. The van der Waals surface area contributed by atoms with Crippen molar-refractivity contribution < 1.29 is 4.42 Å². The monoisotopic (exact) mass is 305 g/mol. The zero-order valence-electron chi connectivity index (χ0n) is 12.6. The summed E-state index contributed by atoms with van der Waals surface area (Å²) in [6.07, 6.45) is 1.52. The van der Waals surface area contributed by atoms with Crippen molar-refractivity contribution in [3.05, 3.63) is 28.3 Å². The van der Waals surface area contributed by atoms with Crippen molar-refractivity contribution in [2.24, 2.45) is 5.73 Å². The van der Waals surface area contributed by atoms with Crippen LogP contribution in [0.1, 0.15) is 42.1 Å². The van der Waals surface area contributed by atoms with Gasteiger partial charge in [-0.2, -0.15) is 5.10 Å². The second kappa shape index (κ2) is 6.26. The molecule has 0 saturated carbocycles. The van der Waals surface area contributed by atoms with E-state index in [0.717, 1.165) is 35.6 Å². The Bertz CT molecular complexity index is 661. The molecular formula is C14H19N5OS. The first-order valence-corrected chi connectivity index (χ1v) is 7.64. The van der Waals surface area contributed by atoms with Crippen LogP contribution in [-0.2, 0) is 12.8 Å². The molecule has 0 atom stereocenters. The molecular weight excluding hydrogens is 286 g/mol. The van der Waals surface area contributed by atoms with Crippen molar-refractivity contribution in [1.82, 2.24) is 15.2 Å². The van der Waals surface area contributed by atoms with Crippen molar-refractivity contribution in [2.45, 2.75) is 50.8 Å². The molecule has 2 rings (SSSR count). The first-order valence-electron chi connectivity index (χ1n) is 6.82. The lowest BCUT2D eigenvalue weighted by atomic mass is 10.0. The van der Waals surface area contributed by atoms with Gasteiger partial charge in [0.25, 0.3) is 5.22 Å².